The quantitative estimate of drug-likeness (QED) is 0.803. The van der Waals surface area contributed by atoms with Crippen molar-refractivity contribution in [3.8, 4) is 17.7 Å². The molecule has 0 spiro atoms. The zero-order chi connectivity index (χ0) is 16.6. The van der Waals surface area contributed by atoms with Gasteiger partial charge in [0.2, 0.25) is 5.88 Å². The highest BCUT2D eigenvalue weighted by Crippen LogP contribution is 2.31. The molecule has 23 heavy (non-hydrogen) atoms. The molecule has 2 aromatic heterocycles. The fourth-order valence-corrected chi connectivity index (χ4v) is 2.38. The molecule has 2 N–H and O–H groups in total. The lowest BCUT2D eigenvalue weighted by Gasteiger charge is -2.11. The van der Waals surface area contributed by atoms with Crippen molar-refractivity contribution >= 4 is 16.9 Å². The largest absolute Gasteiger partial charge is 0.436 e. The maximum absolute atomic E-state index is 14.3. The van der Waals surface area contributed by atoms with E-state index in [1.165, 1.54) is 0 Å². The van der Waals surface area contributed by atoms with Crippen molar-refractivity contribution < 1.29 is 9.13 Å². The van der Waals surface area contributed by atoms with Gasteiger partial charge in [-0.05, 0) is 24.1 Å². The standard InChI is InChI=1S/C16H14FN5O/c1-3-10-4-9(7-18)5-11(17)15(10)23-13-6-12-14(16(19)21-13)20-8-22(12)2/h4-6,8H,3H2,1-2H3,(H2,19,21). The van der Waals surface area contributed by atoms with Gasteiger partial charge < -0.3 is 15.0 Å². The second-order valence-electron chi connectivity index (χ2n) is 5.08. The van der Waals surface area contributed by atoms with Crippen LogP contribution < -0.4 is 10.5 Å². The van der Waals surface area contributed by atoms with Crippen molar-refractivity contribution in [3.05, 3.63) is 41.5 Å². The Hall–Kier alpha value is -3.14. The molecule has 0 aliphatic carbocycles. The minimum absolute atomic E-state index is 0.0555. The molecule has 0 saturated carbocycles. The summed E-state index contributed by atoms with van der Waals surface area (Å²) in [6.45, 7) is 1.86. The van der Waals surface area contributed by atoms with Gasteiger partial charge >= 0.3 is 0 Å². The number of ether oxygens (including phenoxy) is 1. The Balaban J connectivity index is 2.09. The van der Waals surface area contributed by atoms with Gasteiger partial charge in [-0.25, -0.2) is 9.37 Å². The molecule has 0 atom stereocenters. The molecule has 2 heterocycles. The van der Waals surface area contributed by atoms with E-state index >= 15 is 0 Å². The van der Waals surface area contributed by atoms with E-state index in [1.807, 2.05) is 20.0 Å². The SMILES string of the molecule is CCc1cc(C#N)cc(F)c1Oc1cc2c(ncn2C)c(N)n1. The average molecular weight is 311 g/mol. The molecule has 1 aromatic carbocycles. The third-order valence-electron chi connectivity index (χ3n) is 3.55. The Morgan fingerprint density at radius 2 is 2.17 bits per heavy atom. The summed E-state index contributed by atoms with van der Waals surface area (Å²) in [5.41, 5.74) is 8.02. The molecule has 0 fully saturated rings. The number of nitrogens with zero attached hydrogens (tertiary/aromatic N) is 4. The molecule has 3 aromatic rings. The number of fused-ring (bicyclic) bond motifs is 1. The van der Waals surface area contributed by atoms with Gasteiger partial charge in [0.1, 0.15) is 5.52 Å². The van der Waals surface area contributed by atoms with Gasteiger partial charge in [0.15, 0.2) is 17.4 Å². The number of pyridine rings is 1. The minimum Gasteiger partial charge on any atom is -0.436 e. The highest BCUT2D eigenvalue weighted by Gasteiger charge is 2.15. The van der Waals surface area contributed by atoms with Crippen LogP contribution in [0.3, 0.4) is 0 Å². The topological polar surface area (TPSA) is 89.8 Å². The zero-order valence-electron chi connectivity index (χ0n) is 12.7. The van der Waals surface area contributed by atoms with Crippen molar-refractivity contribution in [2.24, 2.45) is 7.05 Å². The molecular formula is C16H14FN5O. The monoisotopic (exact) mass is 311 g/mol. The third kappa shape index (κ3) is 2.55. The minimum atomic E-state index is -0.605. The van der Waals surface area contributed by atoms with Crippen LogP contribution in [0, 0.1) is 17.1 Å². The van der Waals surface area contributed by atoms with E-state index in [-0.39, 0.29) is 23.0 Å². The highest BCUT2D eigenvalue weighted by atomic mass is 19.1. The number of anilines is 1. The van der Waals surface area contributed by atoms with Crippen LogP contribution >= 0.6 is 0 Å². The zero-order valence-corrected chi connectivity index (χ0v) is 12.7. The van der Waals surface area contributed by atoms with Crippen LogP contribution in [-0.2, 0) is 13.5 Å². The number of hydrogen-bond acceptors (Lipinski definition) is 5. The smallest absolute Gasteiger partial charge is 0.223 e. The van der Waals surface area contributed by atoms with Crippen LogP contribution in [0.5, 0.6) is 11.6 Å². The van der Waals surface area contributed by atoms with E-state index in [0.717, 1.165) is 11.6 Å². The van der Waals surface area contributed by atoms with Gasteiger partial charge in [0, 0.05) is 13.1 Å². The van der Waals surface area contributed by atoms with Crippen molar-refractivity contribution in [3.63, 3.8) is 0 Å². The third-order valence-corrected chi connectivity index (χ3v) is 3.55. The van der Waals surface area contributed by atoms with E-state index in [0.29, 0.717) is 17.5 Å². The summed E-state index contributed by atoms with van der Waals surface area (Å²) < 4.78 is 21.7. The summed E-state index contributed by atoms with van der Waals surface area (Å²) in [6.07, 6.45) is 2.14. The van der Waals surface area contributed by atoms with Gasteiger partial charge in [-0.15, -0.1) is 0 Å². The molecule has 0 saturated heterocycles. The van der Waals surface area contributed by atoms with Gasteiger partial charge in [-0.1, -0.05) is 6.92 Å². The molecule has 0 aliphatic rings. The molecule has 0 radical (unpaired) electrons. The van der Waals surface area contributed by atoms with E-state index < -0.39 is 5.82 Å². The number of hydrogen-bond donors (Lipinski definition) is 1. The number of nitriles is 1. The maximum atomic E-state index is 14.3. The first-order chi connectivity index (χ1) is 11.0. The summed E-state index contributed by atoms with van der Waals surface area (Å²) in [5, 5.41) is 8.93. The number of halogens is 1. The summed E-state index contributed by atoms with van der Waals surface area (Å²) in [5.74, 6) is -0.159. The van der Waals surface area contributed by atoms with E-state index in [9.17, 15) is 4.39 Å². The number of rotatable bonds is 3. The van der Waals surface area contributed by atoms with Crippen LogP contribution in [-0.4, -0.2) is 14.5 Å². The molecule has 116 valence electrons. The Kier molecular flexibility index (Phi) is 3.58. The predicted molar refractivity (Wildman–Crippen MR) is 83.5 cm³/mol. The number of aromatic nitrogens is 3. The Labute approximate surface area is 131 Å². The van der Waals surface area contributed by atoms with Crippen LogP contribution in [0.4, 0.5) is 10.2 Å². The molecule has 3 rings (SSSR count). The Morgan fingerprint density at radius 3 is 2.87 bits per heavy atom. The van der Waals surface area contributed by atoms with Crippen molar-refractivity contribution in [2.75, 3.05) is 5.73 Å². The first kappa shape index (κ1) is 14.8. The number of benzene rings is 1. The predicted octanol–water partition coefficient (Wildman–Crippen LogP) is 2.92. The lowest BCUT2D eigenvalue weighted by atomic mass is 10.1. The first-order valence-corrected chi connectivity index (χ1v) is 7.01. The normalized spacial score (nSPS) is 10.7. The van der Waals surface area contributed by atoms with Gasteiger partial charge in [-0.2, -0.15) is 10.2 Å². The molecule has 0 aliphatic heterocycles. The van der Waals surface area contributed by atoms with Crippen molar-refractivity contribution in [2.45, 2.75) is 13.3 Å². The molecule has 0 amide bonds. The van der Waals surface area contributed by atoms with Crippen molar-refractivity contribution in [1.82, 2.24) is 14.5 Å². The van der Waals surface area contributed by atoms with Crippen LogP contribution in [0.1, 0.15) is 18.1 Å². The Morgan fingerprint density at radius 1 is 1.39 bits per heavy atom. The Bertz CT molecular complexity index is 942. The van der Waals surface area contributed by atoms with Gasteiger partial charge in [0.05, 0.1) is 23.5 Å². The lowest BCUT2D eigenvalue weighted by molar-refractivity contribution is 0.423. The summed E-state index contributed by atoms with van der Waals surface area (Å²) in [4.78, 5) is 8.27. The summed E-state index contributed by atoms with van der Waals surface area (Å²) in [6, 6.07) is 6.32. The van der Waals surface area contributed by atoms with Gasteiger partial charge in [0.25, 0.3) is 0 Å². The molecule has 6 nitrogen and oxygen atoms in total. The highest BCUT2D eigenvalue weighted by molar-refractivity contribution is 5.85. The van der Waals surface area contributed by atoms with Gasteiger partial charge in [-0.3, -0.25) is 0 Å². The number of imidazole rings is 1. The average Bonchev–Trinajstić information content (AvgIpc) is 2.91. The van der Waals surface area contributed by atoms with Crippen LogP contribution in [0.25, 0.3) is 11.0 Å². The summed E-state index contributed by atoms with van der Waals surface area (Å²) in [7, 11) is 1.82. The molecule has 0 bridgehead atoms. The molecular weight excluding hydrogens is 297 g/mol. The first-order valence-electron chi connectivity index (χ1n) is 7.01. The molecule has 7 heteroatoms. The van der Waals surface area contributed by atoms with E-state index in [2.05, 4.69) is 9.97 Å². The number of aryl methyl sites for hydroxylation is 2. The van der Waals surface area contributed by atoms with Crippen molar-refractivity contribution in [1.29, 1.82) is 5.26 Å². The number of nitrogens with two attached hydrogens (primary N) is 1. The fourth-order valence-electron chi connectivity index (χ4n) is 2.38. The van der Waals surface area contributed by atoms with E-state index in [1.54, 1.807) is 23.0 Å². The molecule has 0 unspecified atom stereocenters. The second-order valence-corrected chi connectivity index (χ2v) is 5.08. The van der Waals surface area contributed by atoms with E-state index in [4.69, 9.17) is 15.7 Å². The maximum Gasteiger partial charge on any atom is 0.223 e. The van der Waals surface area contributed by atoms with Crippen LogP contribution in [0.2, 0.25) is 0 Å². The lowest BCUT2D eigenvalue weighted by Crippen LogP contribution is -2.00. The number of nitrogen functional groups attached to an aromatic ring is 1. The fraction of sp³-hybridized carbons (Fsp3) is 0.188. The second kappa shape index (κ2) is 5.57. The summed E-state index contributed by atoms with van der Waals surface area (Å²) >= 11 is 0. The van der Waals surface area contributed by atoms with Crippen LogP contribution in [0.15, 0.2) is 24.5 Å².